The van der Waals surface area contributed by atoms with E-state index in [1.807, 2.05) is 32.0 Å². The van der Waals surface area contributed by atoms with Crippen LogP contribution in [0.3, 0.4) is 0 Å². The lowest BCUT2D eigenvalue weighted by Crippen LogP contribution is -2.46. The summed E-state index contributed by atoms with van der Waals surface area (Å²) in [7, 11) is 3.29. The van der Waals surface area contributed by atoms with Gasteiger partial charge in [-0.1, -0.05) is 33.8 Å². The van der Waals surface area contributed by atoms with E-state index in [0.717, 1.165) is 18.4 Å². The zero-order chi connectivity index (χ0) is 31.2. The minimum absolute atomic E-state index is 0.0171. The molecule has 0 unspecified atom stereocenters. The SMILES string of the molecule is COCCCOc1cc(C[C@@H](C[C@H](N)[C@@H](O)C[C@H](C(=O)NC2CCC(O[N+](=O)[O-])CC2)C(C)C)C(C)C)ccc1OC. The van der Waals surface area contributed by atoms with Crippen LogP contribution in [0.1, 0.15) is 78.2 Å². The Kier molecular flexibility index (Phi) is 15.3. The first-order valence-electron chi connectivity index (χ1n) is 15.3. The first kappa shape index (κ1) is 35.6. The average molecular weight is 596 g/mol. The molecule has 240 valence electrons. The van der Waals surface area contributed by atoms with E-state index in [0.29, 0.717) is 62.7 Å². The Bertz CT molecular complexity index is 952. The van der Waals surface area contributed by atoms with Gasteiger partial charge in [-0.05, 0) is 80.4 Å². The maximum atomic E-state index is 13.2. The second-order valence-corrected chi connectivity index (χ2v) is 12.3. The van der Waals surface area contributed by atoms with Crippen molar-refractivity contribution in [2.45, 2.75) is 103 Å². The predicted molar refractivity (Wildman–Crippen MR) is 161 cm³/mol. The number of aliphatic hydroxyl groups excluding tert-OH is 1. The van der Waals surface area contributed by atoms with Gasteiger partial charge in [0.1, 0.15) is 6.10 Å². The number of rotatable bonds is 19. The van der Waals surface area contributed by atoms with Gasteiger partial charge in [-0.2, -0.15) is 0 Å². The molecule has 1 saturated carbocycles. The van der Waals surface area contributed by atoms with Crippen molar-refractivity contribution >= 4 is 5.91 Å². The largest absolute Gasteiger partial charge is 0.493 e. The molecule has 0 radical (unpaired) electrons. The molecule has 1 aromatic carbocycles. The quantitative estimate of drug-likeness (QED) is 0.121. The third-order valence-corrected chi connectivity index (χ3v) is 8.38. The van der Waals surface area contributed by atoms with Gasteiger partial charge in [-0.25, -0.2) is 0 Å². The Labute approximate surface area is 250 Å². The molecule has 11 nitrogen and oxygen atoms in total. The molecule has 0 heterocycles. The lowest BCUT2D eigenvalue weighted by molar-refractivity contribution is -0.769. The van der Waals surface area contributed by atoms with Crippen molar-refractivity contribution in [1.82, 2.24) is 5.32 Å². The molecule has 1 fully saturated rings. The normalized spacial score (nSPS) is 20.0. The summed E-state index contributed by atoms with van der Waals surface area (Å²) in [4.78, 5) is 28.5. The molecule has 0 spiro atoms. The molecule has 4 atom stereocenters. The molecule has 11 heteroatoms. The van der Waals surface area contributed by atoms with Gasteiger partial charge < -0.3 is 35.2 Å². The number of carbonyl (C=O) groups is 1. The average Bonchev–Trinajstić information content (AvgIpc) is 2.94. The van der Waals surface area contributed by atoms with E-state index in [-0.39, 0.29) is 30.2 Å². The van der Waals surface area contributed by atoms with Gasteiger partial charge >= 0.3 is 0 Å². The van der Waals surface area contributed by atoms with E-state index >= 15 is 0 Å². The van der Waals surface area contributed by atoms with Gasteiger partial charge in [0.15, 0.2) is 11.5 Å². The number of aliphatic hydroxyl groups is 1. The Hall–Kier alpha value is -2.63. The van der Waals surface area contributed by atoms with Crippen molar-refractivity contribution in [3.63, 3.8) is 0 Å². The summed E-state index contributed by atoms with van der Waals surface area (Å²) >= 11 is 0. The molecule has 1 amide bonds. The van der Waals surface area contributed by atoms with Crippen LogP contribution in [0.15, 0.2) is 18.2 Å². The van der Waals surface area contributed by atoms with E-state index in [1.54, 1.807) is 14.2 Å². The van der Waals surface area contributed by atoms with Crippen molar-refractivity contribution in [1.29, 1.82) is 0 Å². The van der Waals surface area contributed by atoms with Gasteiger partial charge in [-0.15, -0.1) is 10.1 Å². The maximum Gasteiger partial charge on any atom is 0.294 e. The number of carbonyl (C=O) groups excluding carboxylic acids is 1. The molecule has 2 rings (SSSR count). The van der Waals surface area contributed by atoms with Crippen LogP contribution in [0.25, 0.3) is 0 Å². The van der Waals surface area contributed by atoms with Crippen LogP contribution < -0.4 is 20.5 Å². The van der Waals surface area contributed by atoms with E-state index in [1.165, 1.54) is 0 Å². The summed E-state index contributed by atoms with van der Waals surface area (Å²) in [6, 6.07) is 5.43. The number of hydrogen-bond acceptors (Lipinski definition) is 9. The summed E-state index contributed by atoms with van der Waals surface area (Å²) in [5.41, 5.74) is 7.67. The number of hydrogen-bond donors (Lipinski definition) is 3. The molecule has 0 aliphatic heterocycles. The van der Waals surface area contributed by atoms with Crippen molar-refractivity contribution in [3.8, 4) is 11.5 Å². The fraction of sp³-hybridized carbons (Fsp3) is 0.774. The molecule has 42 heavy (non-hydrogen) atoms. The zero-order valence-electron chi connectivity index (χ0n) is 26.3. The molecule has 4 N–H and O–H groups in total. The maximum absolute atomic E-state index is 13.2. The number of ether oxygens (including phenoxy) is 3. The molecule has 0 saturated heterocycles. The Balaban J connectivity index is 1.97. The van der Waals surface area contributed by atoms with E-state index in [4.69, 9.17) is 19.9 Å². The molecular formula is C31H53N3O8. The van der Waals surface area contributed by atoms with Crippen LogP contribution in [-0.4, -0.2) is 67.8 Å². The van der Waals surface area contributed by atoms with Crippen molar-refractivity contribution in [2.24, 2.45) is 29.4 Å². The third-order valence-electron chi connectivity index (χ3n) is 8.38. The van der Waals surface area contributed by atoms with Gasteiger partial charge in [-0.3, -0.25) is 4.79 Å². The molecule has 1 aromatic rings. The van der Waals surface area contributed by atoms with Crippen molar-refractivity contribution in [3.05, 3.63) is 33.9 Å². The highest BCUT2D eigenvalue weighted by atomic mass is 17.0. The van der Waals surface area contributed by atoms with Gasteiger partial charge in [0, 0.05) is 38.1 Å². The first-order chi connectivity index (χ1) is 19.9. The second-order valence-electron chi connectivity index (χ2n) is 12.3. The Morgan fingerprint density at radius 2 is 1.76 bits per heavy atom. The third kappa shape index (κ3) is 11.9. The number of methoxy groups -OCH3 is 2. The van der Waals surface area contributed by atoms with Crippen LogP contribution >= 0.6 is 0 Å². The molecule has 1 aliphatic rings. The second kappa shape index (κ2) is 18.1. The molecular weight excluding hydrogens is 542 g/mol. The summed E-state index contributed by atoms with van der Waals surface area (Å²) in [5, 5.41) is 24.1. The summed E-state index contributed by atoms with van der Waals surface area (Å²) in [6.07, 6.45) is 3.49. The fourth-order valence-corrected chi connectivity index (χ4v) is 5.61. The standard InChI is InChI=1S/C31H53N3O8/c1-20(2)23(16-22-8-13-29(40-6)30(17-22)41-15-7-14-39-5)18-27(32)28(35)19-26(21(3)4)31(36)33-24-9-11-25(12-10-24)42-34(37)38/h8,13,17,20-21,23-28,35H,7,9-12,14-16,18-19,32H2,1-6H3,(H,33,36)/t23-,24?,25?,26-,27-,28-/m0/s1. The van der Waals surface area contributed by atoms with Crippen LogP contribution in [-0.2, 0) is 20.8 Å². The number of nitrogens with two attached hydrogens (primary N) is 1. The summed E-state index contributed by atoms with van der Waals surface area (Å²) < 4.78 is 16.5. The van der Waals surface area contributed by atoms with Gasteiger partial charge in [0.2, 0.25) is 5.91 Å². The van der Waals surface area contributed by atoms with E-state index in [9.17, 15) is 20.0 Å². The summed E-state index contributed by atoms with van der Waals surface area (Å²) in [6.45, 7) is 9.41. The topological polar surface area (TPSA) is 155 Å². The lowest BCUT2D eigenvalue weighted by atomic mass is 9.80. The number of nitrogens with one attached hydrogen (secondary N) is 1. The number of benzene rings is 1. The smallest absolute Gasteiger partial charge is 0.294 e. The lowest BCUT2D eigenvalue weighted by Gasteiger charge is -2.32. The Morgan fingerprint density at radius 1 is 1.07 bits per heavy atom. The van der Waals surface area contributed by atoms with Crippen molar-refractivity contribution in [2.75, 3.05) is 27.4 Å². The van der Waals surface area contributed by atoms with Gasteiger partial charge in [0.25, 0.3) is 5.09 Å². The molecule has 1 aliphatic carbocycles. The number of amides is 1. The monoisotopic (exact) mass is 595 g/mol. The van der Waals surface area contributed by atoms with Crippen molar-refractivity contribution < 1.29 is 34.0 Å². The zero-order valence-corrected chi connectivity index (χ0v) is 26.3. The van der Waals surface area contributed by atoms with Crippen LogP contribution in [0.2, 0.25) is 0 Å². The van der Waals surface area contributed by atoms with E-state index < -0.39 is 29.3 Å². The number of nitrogens with zero attached hydrogens (tertiary/aromatic N) is 1. The van der Waals surface area contributed by atoms with Gasteiger partial charge in [0.05, 0.1) is 19.8 Å². The fourth-order valence-electron chi connectivity index (χ4n) is 5.61. The van der Waals surface area contributed by atoms with Crippen LogP contribution in [0.5, 0.6) is 11.5 Å². The van der Waals surface area contributed by atoms with Crippen LogP contribution in [0, 0.1) is 33.8 Å². The van der Waals surface area contributed by atoms with E-state index in [2.05, 4.69) is 24.0 Å². The minimum atomic E-state index is -0.829. The highest BCUT2D eigenvalue weighted by Gasteiger charge is 2.32. The molecule has 0 aromatic heterocycles. The predicted octanol–water partition coefficient (Wildman–Crippen LogP) is 4.30. The Morgan fingerprint density at radius 3 is 2.33 bits per heavy atom. The minimum Gasteiger partial charge on any atom is -0.493 e. The summed E-state index contributed by atoms with van der Waals surface area (Å²) in [5.74, 6) is 1.44. The highest BCUT2D eigenvalue weighted by molar-refractivity contribution is 5.79. The molecule has 0 bridgehead atoms. The highest BCUT2D eigenvalue weighted by Crippen LogP contribution is 2.32. The van der Waals surface area contributed by atoms with Crippen LogP contribution in [0.4, 0.5) is 0 Å². The first-order valence-corrected chi connectivity index (χ1v) is 15.3.